The molecule has 5 heteroatoms. The Hall–Kier alpha value is -0.450. The highest BCUT2D eigenvalue weighted by molar-refractivity contribution is 7.98. The van der Waals surface area contributed by atoms with E-state index in [1.54, 1.807) is 6.07 Å². The van der Waals surface area contributed by atoms with E-state index in [2.05, 4.69) is 18.5 Å². The highest BCUT2D eigenvalue weighted by Crippen LogP contribution is 2.22. The molecule has 94 valence electrons. The zero-order valence-corrected chi connectivity index (χ0v) is 12.4. The van der Waals surface area contributed by atoms with Gasteiger partial charge in [-0.2, -0.15) is 11.8 Å². The topological polar surface area (TPSA) is 38.0 Å². The molecule has 0 aromatic heterocycles. The molecule has 0 saturated carbocycles. The monoisotopic (exact) mass is 288 g/mol. The lowest BCUT2D eigenvalue weighted by atomic mass is 10.1. The molecule has 1 rings (SSSR count). The van der Waals surface area contributed by atoms with Crippen molar-refractivity contribution in [2.75, 3.05) is 17.3 Å². The van der Waals surface area contributed by atoms with E-state index in [0.29, 0.717) is 16.1 Å². The SMILES string of the molecule is CSCCC(C)Nc1cc(Cl)ccc1C(N)=S. The van der Waals surface area contributed by atoms with Crippen LogP contribution in [0.1, 0.15) is 18.9 Å². The summed E-state index contributed by atoms with van der Waals surface area (Å²) in [4.78, 5) is 0.390. The van der Waals surface area contributed by atoms with Crippen molar-refractivity contribution >= 4 is 46.3 Å². The van der Waals surface area contributed by atoms with E-state index in [1.165, 1.54) is 0 Å². The quantitative estimate of drug-likeness (QED) is 0.786. The minimum Gasteiger partial charge on any atom is -0.389 e. The van der Waals surface area contributed by atoms with E-state index in [9.17, 15) is 0 Å². The Bertz CT molecular complexity index is 396. The van der Waals surface area contributed by atoms with Crippen molar-refractivity contribution in [3.8, 4) is 0 Å². The van der Waals surface area contributed by atoms with Crippen LogP contribution in [0.2, 0.25) is 5.02 Å². The number of anilines is 1. The molecule has 0 radical (unpaired) electrons. The third-order valence-corrected chi connectivity index (χ3v) is 3.50. The number of nitrogens with one attached hydrogen (secondary N) is 1. The predicted molar refractivity (Wildman–Crippen MR) is 83.4 cm³/mol. The molecule has 3 N–H and O–H groups in total. The van der Waals surface area contributed by atoms with Crippen molar-refractivity contribution in [1.29, 1.82) is 0 Å². The van der Waals surface area contributed by atoms with Crippen molar-refractivity contribution in [2.45, 2.75) is 19.4 Å². The van der Waals surface area contributed by atoms with Crippen LogP contribution in [0.15, 0.2) is 18.2 Å². The minimum atomic E-state index is 0.369. The number of thiocarbonyl (C=S) groups is 1. The number of thioether (sulfide) groups is 1. The van der Waals surface area contributed by atoms with Crippen LogP contribution in [0.25, 0.3) is 0 Å². The maximum absolute atomic E-state index is 5.98. The van der Waals surface area contributed by atoms with Gasteiger partial charge in [0.25, 0.3) is 0 Å². The smallest absolute Gasteiger partial charge is 0.106 e. The molecule has 0 aliphatic carbocycles. The van der Waals surface area contributed by atoms with Gasteiger partial charge in [0.05, 0.1) is 0 Å². The third-order valence-electron chi connectivity index (χ3n) is 2.40. The van der Waals surface area contributed by atoms with Gasteiger partial charge in [0.15, 0.2) is 0 Å². The normalized spacial score (nSPS) is 12.2. The van der Waals surface area contributed by atoms with E-state index < -0.39 is 0 Å². The van der Waals surface area contributed by atoms with Gasteiger partial charge >= 0.3 is 0 Å². The van der Waals surface area contributed by atoms with Crippen molar-refractivity contribution in [1.82, 2.24) is 0 Å². The summed E-state index contributed by atoms with van der Waals surface area (Å²) in [5.41, 5.74) is 7.45. The van der Waals surface area contributed by atoms with Crippen LogP contribution >= 0.6 is 35.6 Å². The fraction of sp³-hybridized carbons (Fsp3) is 0.417. The molecular weight excluding hydrogens is 272 g/mol. The Labute approximate surface area is 117 Å². The van der Waals surface area contributed by atoms with E-state index in [4.69, 9.17) is 29.6 Å². The molecule has 0 aliphatic rings. The first-order chi connectivity index (χ1) is 8.04. The summed E-state index contributed by atoms with van der Waals surface area (Å²) in [7, 11) is 0. The summed E-state index contributed by atoms with van der Waals surface area (Å²) in [6.45, 7) is 2.14. The van der Waals surface area contributed by atoms with Gasteiger partial charge in [-0.05, 0) is 43.6 Å². The minimum absolute atomic E-state index is 0.369. The first-order valence-corrected chi connectivity index (χ1v) is 7.57. The second-order valence-corrected chi connectivity index (χ2v) is 5.74. The highest BCUT2D eigenvalue weighted by atomic mass is 35.5. The second-order valence-electron chi connectivity index (χ2n) is 3.88. The number of rotatable bonds is 6. The lowest BCUT2D eigenvalue weighted by Gasteiger charge is -2.17. The molecule has 1 aromatic carbocycles. The van der Waals surface area contributed by atoms with Crippen LogP contribution in [-0.2, 0) is 0 Å². The van der Waals surface area contributed by atoms with Gasteiger partial charge in [-0.25, -0.2) is 0 Å². The zero-order chi connectivity index (χ0) is 12.8. The van der Waals surface area contributed by atoms with Gasteiger partial charge in [-0.15, -0.1) is 0 Å². The molecule has 0 heterocycles. The highest BCUT2D eigenvalue weighted by Gasteiger charge is 2.08. The van der Waals surface area contributed by atoms with E-state index in [-0.39, 0.29) is 0 Å². The molecule has 2 nitrogen and oxygen atoms in total. The van der Waals surface area contributed by atoms with Crippen molar-refractivity contribution in [3.05, 3.63) is 28.8 Å². The van der Waals surface area contributed by atoms with Gasteiger partial charge in [-0.1, -0.05) is 23.8 Å². The standard InChI is InChI=1S/C12H17ClN2S2/c1-8(5-6-17-2)15-11-7-9(13)3-4-10(11)12(14)16/h3-4,7-8,15H,5-6H2,1-2H3,(H2,14,16). The zero-order valence-electron chi connectivity index (χ0n) is 10.00. The number of nitrogens with two attached hydrogens (primary N) is 1. The average molecular weight is 289 g/mol. The number of halogens is 1. The van der Waals surface area contributed by atoms with Crippen LogP contribution in [0.4, 0.5) is 5.69 Å². The summed E-state index contributed by atoms with van der Waals surface area (Å²) in [6, 6.07) is 5.89. The maximum atomic E-state index is 5.98. The Morgan fingerprint density at radius 1 is 1.59 bits per heavy atom. The van der Waals surface area contributed by atoms with E-state index in [0.717, 1.165) is 23.4 Å². The number of benzene rings is 1. The van der Waals surface area contributed by atoms with Gasteiger partial charge in [0.2, 0.25) is 0 Å². The molecule has 1 atom stereocenters. The summed E-state index contributed by atoms with van der Waals surface area (Å²) < 4.78 is 0. The molecule has 0 spiro atoms. The van der Waals surface area contributed by atoms with E-state index in [1.807, 2.05) is 23.9 Å². The molecule has 0 saturated heterocycles. The molecule has 0 fully saturated rings. The van der Waals surface area contributed by atoms with Crippen LogP contribution in [0, 0.1) is 0 Å². The summed E-state index contributed by atoms with van der Waals surface area (Å²) in [5, 5.41) is 4.09. The van der Waals surface area contributed by atoms with E-state index >= 15 is 0 Å². The van der Waals surface area contributed by atoms with Crippen LogP contribution in [0.5, 0.6) is 0 Å². The summed E-state index contributed by atoms with van der Waals surface area (Å²) >= 11 is 12.8. The number of hydrogen-bond donors (Lipinski definition) is 2. The van der Waals surface area contributed by atoms with Crippen molar-refractivity contribution in [2.24, 2.45) is 5.73 Å². The fourth-order valence-electron chi connectivity index (χ4n) is 1.48. The first kappa shape index (κ1) is 14.6. The molecule has 0 bridgehead atoms. The molecular formula is C12H17ClN2S2. The van der Waals surface area contributed by atoms with Gasteiger partial charge in [0.1, 0.15) is 4.99 Å². The molecule has 0 aliphatic heterocycles. The second kappa shape index (κ2) is 7.09. The summed E-state index contributed by atoms with van der Waals surface area (Å²) in [6.07, 6.45) is 3.19. The van der Waals surface area contributed by atoms with Crippen LogP contribution in [0.3, 0.4) is 0 Å². The predicted octanol–water partition coefficient (Wildman–Crippen LogP) is 3.53. The lowest BCUT2D eigenvalue weighted by molar-refractivity contribution is 0.772. The fourth-order valence-corrected chi connectivity index (χ4v) is 2.42. The first-order valence-electron chi connectivity index (χ1n) is 5.39. The van der Waals surface area contributed by atoms with Gasteiger partial charge in [-0.3, -0.25) is 0 Å². The van der Waals surface area contributed by atoms with Crippen molar-refractivity contribution in [3.63, 3.8) is 0 Å². The Kier molecular flexibility index (Phi) is 6.09. The largest absolute Gasteiger partial charge is 0.389 e. The maximum Gasteiger partial charge on any atom is 0.106 e. The number of hydrogen-bond acceptors (Lipinski definition) is 3. The Morgan fingerprint density at radius 3 is 2.88 bits per heavy atom. The molecule has 17 heavy (non-hydrogen) atoms. The molecule has 1 unspecified atom stereocenters. The van der Waals surface area contributed by atoms with Gasteiger partial charge < -0.3 is 11.1 Å². The lowest BCUT2D eigenvalue weighted by Crippen LogP contribution is -2.20. The summed E-state index contributed by atoms with van der Waals surface area (Å²) in [5.74, 6) is 1.12. The Balaban J connectivity index is 2.81. The Morgan fingerprint density at radius 2 is 2.29 bits per heavy atom. The van der Waals surface area contributed by atoms with Crippen molar-refractivity contribution < 1.29 is 0 Å². The van der Waals surface area contributed by atoms with Crippen LogP contribution < -0.4 is 11.1 Å². The molecule has 0 amide bonds. The molecule has 1 aromatic rings. The van der Waals surface area contributed by atoms with Crippen LogP contribution in [-0.4, -0.2) is 23.0 Å². The average Bonchev–Trinajstić information content (AvgIpc) is 2.26. The van der Waals surface area contributed by atoms with Gasteiger partial charge in [0, 0.05) is 22.3 Å². The third kappa shape index (κ3) is 4.74.